The number of benzene rings is 4. The third kappa shape index (κ3) is 3.99. The highest BCUT2D eigenvalue weighted by Gasteiger charge is 2.29. The first-order valence-electron chi connectivity index (χ1n) is 11.8. The largest absolute Gasteiger partial charge is 0.494 e. The Morgan fingerprint density at radius 1 is 0.676 bits per heavy atom. The van der Waals surface area contributed by atoms with Gasteiger partial charge >= 0.3 is 0 Å². The summed E-state index contributed by atoms with van der Waals surface area (Å²) in [6.07, 6.45) is 3.31. The van der Waals surface area contributed by atoms with E-state index in [1.54, 1.807) is 24.2 Å². The molecule has 180 valence electrons. The standard InChI is InChI=1S/C29H23N6OP/c1-36-26-19-11-18-25-27(26)32-34-35(25)29-28(30-20-21-31-29)33-37(22-12-5-2-6-13-22,23-14-7-3-8-15-23)24-16-9-4-10-17-24/h2-21H,1H3. The van der Waals surface area contributed by atoms with Crippen molar-refractivity contribution in [3.05, 3.63) is 122 Å². The Kier molecular flexibility index (Phi) is 6.05. The molecule has 0 N–H and O–H groups in total. The lowest BCUT2D eigenvalue weighted by Gasteiger charge is -2.26. The van der Waals surface area contributed by atoms with Gasteiger partial charge in [-0.2, -0.15) is 4.68 Å². The molecule has 0 bridgehead atoms. The molecule has 6 rings (SSSR count). The highest BCUT2D eigenvalue weighted by molar-refractivity contribution is 7.87. The van der Waals surface area contributed by atoms with Crippen LogP contribution in [0.15, 0.2) is 126 Å². The van der Waals surface area contributed by atoms with Gasteiger partial charge in [-0.15, -0.1) is 5.10 Å². The van der Waals surface area contributed by atoms with Crippen molar-refractivity contribution in [2.75, 3.05) is 7.11 Å². The Morgan fingerprint density at radius 3 is 1.81 bits per heavy atom. The summed E-state index contributed by atoms with van der Waals surface area (Å²) in [5.74, 6) is 1.64. The van der Waals surface area contributed by atoms with Gasteiger partial charge in [0.25, 0.3) is 0 Å². The number of aromatic nitrogens is 5. The molecule has 0 fully saturated rings. The molecule has 0 atom stereocenters. The first kappa shape index (κ1) is 22.8. The summed E-state index contributed by atoms with van der Waals surface area (Å²) in [6.45, 7) is 0. The molecule has 0 aliphatic carbocycles. The molecule has 0 spiro atoms. The predicted molar refractivity (Wildman–Crippen MR) is 148 cm³/mol. The maximum absolute atomic E-state index is 5.52. The monoisotopic (exact) mass is 502 g/mol. The van der Waals surface area contributed by atoms with Crippen LogP contribution in [0.4, 0.5) is 5.82 Å². The number of rotatable bonds is 6. The Morgan fingerprint density at radius 2 is 1.24 bits per heavy atom. The van der Waals surface area contributed by atoms with Crippen molar-refractivity contribution in [1.29, 1.82) is 0 Å². The van der Waals surface area contributed by atoms with Crippen molar-refractivity contribution in [2.45, 2.75) is 0 Å². The minimum absolute atomic E-state index is 0.488. The highest BCUT2D eigenvalue weighted by Crippen LogP contribution is 2.49. The Balaban J connectivity index is 1.70. The van der Waals surface area contributed by atoms with Crippen LogP contribution in [0.1, 0.15) is 0 Å². The van der Waals surface area contributed by atoms with E-state index < -0.39 is 7.05 Å². The highest BCUT2D eigenvalue weighted by atomic mass is 31.2. The van der Waals surface area contributed by atoms with E-state index in [1.807, 2.05) is 36.4 Å². The van der Waals surface area contributed by atoms with Gasteiger partial charge in [-0.05, 0) is 12.1 Å². The van der Waals surface area contributed by atoms with Gasteiger partial charge in [-0.1, -0.05) is 102 Å². The van der Waals surface area contributed by atoms with Gasteiger partial charge in [-0.3, -0.25) is 0 Å². The zero-order chi connectivity index (χ0) is 25.1. The average Bonchev–Trinajstić information content (AvgIpc) is 3.42. The molecule has 0 unspecified atom stereocenters. The fraction of sp³-hybridized carbons (Fsp3) is 0.0345. The lowest BCUT2D eigenvalue weighted by atomic mass is 10.3. The van der Waals surface area contributed by atoms with Crippen LogP contribution in [0.2, 0.25) is 0 Å². The van der Waals surface area contributed by atoms with E-state index in [-0.39, 0.29) is 0 Å². The number of ether oxygens (including phenoxy) is 1. The molecule has 2 aromatic heterocycles. The molecular formula is C29H23N6OP. The van der Waals surface area contributed by atoms with Gasteiger partial charge in [0.2, 0.25) is 5.82 Å². The van der Waals surface area contributed by atoms with E-state index in [0.717, 1.165) is 21.4 Å². The molecule has 6 aromatic rings. The van der Waals surface area contributed by atoms with Crippen LogP contribution in [-0.2, 0) is 0 Å². The quantitative estimate of drug-likeness (QED) is 0.299. The van der Waals surface area contributed by atoms with E-state index in [2.05, 4.69) is 88.1 Å². The van der Waals surface area contributed by atoms with Crippen molar-refractivity contribution in [1.82, 2.24) is 25.0 Å². The first-order chi connectivity index (χ1) is 18.3. The summed E-state index contributed by atoms with van der Waals surface area (Å²) in [6, 6.07) is 37.0. The van der Waals surface area contributed by atoms with Crippen LogP contribution in [0.5, 0.6) is 5.75 Å². The van der Waals surface area contributed by atoms with E-state index in [9.17, 15) is 0 Å². The molecule has 37 heavy (non-hydrogen) atoms. The lowest BCUT2D eigenvalue weighted by molar-refractivity contribution is 0.419. The van der Waals surface area contributed by atoms with Gasteiger partial charge in [-0.25, -0.2) is 14.7 Å². The third-order valence-corrected chi connectivity index (χ3v) is 9.78. The molecule has 7 nitrogen and oxygen atoms in total. The van der Waals surface area contributed by atoms with Gasteiger partial charge < -0.3 is 4.74 Å². The average molecular weight is 503 g/mol. The van der Waals surface area contributed by atoms with Crippen LogP contribution in [-0.4, -0.2) is 32.1 Å². The molecular weight excluding hydrogens is 479 g/mol. The van der Waals surface area contributed by atoms with Crippen molar-refractivity contribution < 1.29 is 4.74 Å². The SMILES string of the molecule is COc1cccc2c1nnn2-c1nccnc1N=P(c1ccccc1)(c1ccccc1)c1ccccc1. The molecule has 0 amide bonds. The fourth-order valence-corrected chi connectivity index (χ4v) is 7.95. The van der Waals surface area contributed by atoms with Crippen LogP contribution in [0, 0.1) is 0 Å². The Hall–Kier alpha value is -4.61. The van der Waals surface area contributed by atoms with Crippen LogP contribution >= 0.6 is 7.05 Å². The second kappa shape index (κ2) is 9.80. The third-order valence-electron chi connectivity index (χ3n) is 6.16. The second-order valence-corrected chi connectivity index (χ2v) is 11.3. The van der Waals surface area contributed by atoms with Crippen molar-refractivity contribution >= 4 is 39.8 Å². The summed E-state index contributed by atoms with van der Waals surface area (Å²) in [5.41, 5.74) is 1.41. The van der Waals surface area contributed by atoms with Gasteiger partial charge in [0.15, 0.2) is 11.3 Å². The Labute approximate surface area is 214 Å². The summed E-state index contributed by atoms with van der Waals surface area (Å²) in [4.78, 5) is 9.40. The second-order valence-electron chi connectivity index (χ2n) is 8.27. The molecule has 4 aromatic carbocycles. The molecule has 8 heteroatoms. The molecule has 0 aliphatic rings. The normalized spacial score (nSPS) is 11.4. The summed E-state index contributed by atoms with van der Waals surface area (Å²) in [5, 5.41) is 12.1. The van der Waals surface area contributed by atoms with Gasteiger partial charge in [0.1, 0.15) is 11.3 Å². The molecule has 0 saturated carbocycles. The van der Waals surface area contributed by atoms with E-state index in [4.69, 9.17) is 14.5 Å². The van der Waals surface area contributed by atoms with Crippen molar-refractivity contribution in [2.24, 2.45) is 4.74 Å². The fourth-order valence-electron chi connectivity index (χ4n) is 4.48. The van der Waals surface area contributed by atoms with E-state index in [0.29, 0.717) is 22.9 Å². The van der Waals surface area contributed by atoms with Gasteiger partial charge in [0, 0.05) is 28.3 Å². The van der Waals surface area contributed by atoms with Crippen molar-refractivity contribution in [3.63, 3.8) is 0 Å². The summed E-state index contributed by atoms with van der Waals surface area (Å²) >= 11 is 0. The zero-order valence-electron chi connectivity index (χ0n) is 20.1. The van der Waals surface area contributed by atoms with Crippen LogP contribution in [0.3, 0.4) is 0 Å². The number of nitrogens with zero attached hydrogens (tertiary/aromatic N) is 6. The molecule has 0 aliphatic heterocycles. The van der Waals surface area contributed by atoms with Crippen LogP contribution < -0.4 is 20.7 Å². The maximum atomic E-state index is 5.52. The number of hydrogen-bond donors (Lipinski definition) is 0. The minimum atomic E-state index is -2.54. The summed E-state index contributed by atoms with van der Waals surface area (Å²) in [7, 11) is -0.923. The number of hydrogen-bond acceptors (Lipinski definition) is 6. The molecule has 0 saturated heterocycles. The molecule has 0 radical (unpaired) electrons. The first-order valence-corrected chi connectivity index (χ1v) is 13.5. The number of methoxy groups -OCH3 is 1. The van der Waals surface area contributed by atoms with E-state index in [1.165, 1.54) is 0 Å². The smallest absolute Gasteiger partial charge is 0.200 e. The number of fused-ring (bicyclic) bond motifs is 1. The van der Waals surface area contributed by atoms with E-state index >= 15 is 0 Å². The molecule has 2 heterocycles. The summed E-state index contributed by atoms with van der Waals surface area (Å²) < 4.78 is 12.7. The predicted octanol–water partition coefficient (Wildman–Crippen LogP) is 5.03. The van der Waals surface area contributed by atoms with Crippen molar-refractivity contribution in [3.8, 4) is 11.6 Å². The topological polar surface area (TPSA) is 78.1 Å². The maximum Gasteiger partial charge on any atom is 0.200 e. The lowest BCUT2D eigenvalue weighted by Crippen LogP contribution is -2.25. The minimum Gasteiger partial charge on any atom is -0.494 e. The van der Waals surface area contributed by atoms with Crippen LogP contribution in [0.25, 0.3) is 16.9 Å². The van der Waals surface area contributed by atoms with Gasteiger partial charge in [0.05, 0.1) is 14.2 Å². The zero-order valence-corrected chi connectivity index (χ0v) is 21.0. The Bertz CT molecular complexity index is 1620.